The van der Waals surface area contributed by atoms with E-state index in [4.69, 9.17) is 5.11 Å². The predicted molar refractivity (Wildman–Crippen MR) is 70.6 cm³/mol. The summed E-state index contributed by atoms with van der Waals surface area (Å²) in [5.41, 5.74) is 0. The molecule has 1 aliphatic rings. The molecular weight excluding hydrogens is 202 g/mol. The molecule has 0 aromatic heterocycles. The first-order valence-corrected chi connectivity index (χ1v) is 6.43. The fourth-order valence-corrected chi connectivity index (χ4v) is 1.48. The third-order valence-corrected chi connectivity index (χ3v) is 3.40. The largest absolute Gasteiger partial charge is 0.412 e. The molecule has 3 nitrogen and oxygen atoms in total. The van der Waals surface area contributed by atoms with Crippen LogP contribution in [0.4, 0.5) is 0 Å². The van der Waals surface area contributed by atoms with Crippen molar-refractivity contribution in [3.05, 3.63) is 0 Å². The van der Waals surface area contributed by atoms with Crippen LogP contribution in [0.3, 0.4) is 0 Å². The second kappa shape index (κ2) is 11.4. The molecule has 0 aliphatic carbocycles. The van der Waals surface area contributed by atoms with E-state index in [1.54, 1.807) is 0 Å². The molecule has 1 fully saturated rings. The topological polar surface area (TPSA) is 63.8 Å². The molecule has 100 valence electrons. The molecule has 4 N–H and O–H groups in total. The average molecular weight is 233 g/mol. The Morgan fingerprint density at radius 2 is 1.94 bits per heavy atom. The lowest BCUT2D eigenvalue weighted by Crippen LogP contribution is -2.29. The second-order valence-corrected chi connectivity index (χ2v) is 5.02. The zero-order valence-electron chi connectivity index (χ0n) is 11.4. The van der Waals surface area contributed by atoms with Crippen molar-refractivity contribution in [2.75, 3.05) is 19.7 Å². The Bertz CT molecular complexity index is 134. The molecule has 1 heterocycles. The molecule has 0 bridgehead atoms. The maximum Gasteiger partial charge on any atom is 0.0459 e. The van der Waals surface area contributed by atoms with Gasteiger partial charge in [0.25, 0.3) is 0 Å². The van der Waals surface area contributed by atoms with Gasteiger partial charge in [-0.05, 0) is 43.7 Å². The van der Waals surface area contributed by atoms with Crippen molar-refractivity contribution in [3.8, 4) is 0 Å². The lowest BCUT2D eigenvalue weighted by atomic mass is 9.97. The maximum absolute atomic E-state index is 8.51. The van der Waals surface area contributed by atoms with Gasteiger partial charge in [0.15, 0.2) is 0 Å². The van der Waals surface area contributed by atoms with Crippen molar-refractivity contribution in [3.63, 3.8) is 0 Å². The lowest BCUT2D eigenvalue weighted by Gasteiger charge is -2.20. The Balaban J connectivity index is 0. The van der Waals surface area contributed by atoms with Crippen LogP contribution in [0.2, 0.25) is 0 Å². The van der Waals surface area contributed by atoms with Crippen molar-refractivity contribution in [2.24, 2.45) is 17.8 Å². The number of hydrogen-bond donors (Lipinski definition) is 2. The van der Waals surface area contributed by atoms with Gasteiger partial charge in [-0.3, -0.25) is 0 Å². The molecule has 16 heavy (non-hydrogen) atoms. The smallest absolute Gasteiger partial charge is 0.0459 e. The van der Waals surface area contributed by atoms with Crippen molar-refractivity contribution in [1.82, 2.24) is 5.32 Å². The molecule has 1 rings (SSSR count). The highest BCUT2D eigenvalue weighted by Gasteiger charge is 2.08. The Morgan fingerprint density at radius 1 is 1.31 bits per heavy atom. The molecule has 0 amide bonds. The van der Waals surface area contributed by atoms with Gasteiger partial charge in [0.1, 0.15) is 0 Å². The Hall–Kier alpha value is -0.120. The van der Waals surface area contributed by atoms with E-state index in [1.165, 1.54) is 32.4 Å². The molecule has 3 heteroatoms. The van der Waals surface area contributed by atoms with E-state index in [1.807, 2.05) is 6.92 Å². The second-order valence-electron chi connectivity index (χ2n) is 5.02. The van der Waals surface area contributed by atoms with E-state index >= 15 is 0 Å². The van der Waals surface area contributed by atoms with E-state index in [2.05, 4.69) is 26.1 Å². The summed E-state index contributed by atoms with van der Waals surface area (Å²) in [5.74, 6) is 2.05. The highest BCUT2D eigenvalue weighted by Crippen LogP contribution is 2.12. The SMILES string of the molecule is CC(C)C(C)CO.CCC1CCCNC1.O. The van der Waals surface area contributed by atoms with E-state index in [-0.39, 0.29) is 5.48 Å². The first kappa shape index (κ1) is 18.3. The number of rotatable bonds is 3. The molecule has 0 aromatic rings. The van der Waals surface area contributed by atoms with Crippen molar-refractivity contribution in [2.45, 2.75) is 47.0 Å². The van der Waals surface area contributed by atoms with E-state index in [9.17, 15) is 0 Å². The summed E-state index contributed by atoms with van der Waals surface area (Å²) in [6.45, 7) is 11.4. The molecule has 0 spiro atoms. The standard InChI is InChI=1S/C7H15N.C6H14O.H2O/c1-2-7-4-3-5-8-6-7;1-5(2)6(3)4-7;/h7-8H,2-6H2,1H3;5-7H,4H2,1-3H3;1H2. The Kier molecular flexibility index (Phi) is 13.0. The third kappa shape index (κ3) is 9.13. The van der Waals surface area contributed by atoms with Gasteiger partial charge < -0.3 is 15.9 Å². The van der Waals surface area contributed by atoms with Gasteiger partial charge in [0.2, 0.25) is 0 Å². The Labute approximate surface area is 101 Å². The van der Waals surface area contributed by atoms with Crippen LogP contribution in [0.15, 0.2) is 0 Å². The van der Waals surface area contributed by atoms with Crippen molar-refractivity contribution >= 4 is 0 Å². The summed E-state index contributed by atoms with van der Waals surface area (Å²) < 4.78 is 0. The minimum absolute atomic E-state index is 0. The van der Waals surface area contributed by atoms with E-state index in [0.717, 1.165) is 5.92 Å². The van der Waals surface area contributed by atoms with Gasteiger partial charge in [0, 0.05) is 6.61 Å². The van der Waals surface area contributed by atoms with Crippen LogP contribution in [0.5, 0.6) is 0 Å². The quantitative estimate of drug-likeness (QED) is 0.781. The first-order valence-electron chi connectivity index (χ1n) is 6.43. The van der Waals surface area contributed by atoms with Crippen LogP contribution in [0, 0.1) is 17.8 Å². The van der Waals surface area contributed by atoms with Crippen LogP contribution >= 0.6 is 0 Å². The minimum Gasteiger partial charge on any atom is -0.412 e. The molecule has 1 aliphatic heterocycles. The summed E-state index contributed by atoms with van der Waals surface area (Å²) >= 11 is 0. The molecule has 0 radical (unpaired) electrons. The maximum atomic E-state index is 8.51. The van der Waals surface area contributed by atoms with E-state index in [0.29, 0.717) is 18.4 Å². The first-order chi connectivity index (χ1) is 7.11. The van der Waals surface area contributed by atoms with Crippen LogP contribution in [-0.4, -0.2) is 30.3 Å². The van der Waals surface area contributed by atoms with Gasteiger partial charge in [-0.2, -0.15) is 0 Å². The molecule has 0 saturated carbocycles. The van der Waals surface area contributed by atoms with Gasteiger partial charge in [-0.1, -0.05) is 34.1 Å². The number of aliphatic hydroxyl groups excluding tert-OH is 1. The number of nitrogens with one attached hydrogen (secondary N) is 1. The van der Waals surface area contributed by atoms with Gasteiger partial charge >= 0.3 is 0 Å². The highest BCUT2D eigenvalue weighted by molar-refractivity contribution is 4.66. The van der Waals surface area contributed by atoms with Gasteiger partial charge in [-0.25, -0.2) is 0 Å². The summed E-state index contributed by atoms with van der Waals surface area (Å²) in [4.78, 5) is 0. The van der Waals surface area contributed by atoms with Crippen molar-refractivity contribution in [1.29, 1.82) is 0 Å². The van der Waals surface area contributed by atoms with Crippen LogP contribution in [-0.2, 0) is 0 Å². The summed E-state index contributed by atoms with van der Waals surface area (Å²) in [5, 5.41) is 11.9. The lowest BCUT2D eigenvalue weighted by molar-refractivity contribution is 0.203. The minimum atomic E-state index is 0. The fraction of sp³-hybridized carbons (Fsp3) is 1.00. The zero-order chi connectivity index (χ0) is 11.7. The number of aliphatic hydroxyl groups is 1. The summed E-state index contributed by atoms with van der Waals surface area (Å²) in [6, 6.07) is 0. The normalized spacial score (nSPS) is 21.8. The molecule has 2 unspecified atom stereocenters. The average Bonchev–Trinajstić information content (AvgIpc) is 2.29. The van der Waals surface area contributed by atoms with Gasteiger partial charge in [-0.15, -0.1) is 0 Å². The van der Waals surface area contributed by atoms with Crippen LogP contribution < -0.4 is 5.32 Å². The summed E-state index contributed by atoms with van der Waals surface area (Å²) in [6.07, 6.45) is 4.19. The molecule has 2 atom stereocenters. The van der Waals surface area contributed by atoms with E-state index < -0.39 is 0 Å². The zero-order valence-corrected chi connectivity index (χ0v) is 11.4. The van der Waals surface area contributed by atoms with Crippen molar-refractivity contribution < 1.29 is 10.6 Å². The van der Waals surface area contributed by atoms with Gasteiger partial charge in [0.05, 0.1) is 0 Å². The fourth-order valence-electron chi connectivity index (χ4n) is 1.48. The predicted octanol–water partition coefficient (Wildman–Crippen LogP) is 1.84. The molecule has 1 saturated heterocycles. The third-order valence-electron chi connectivity index (χ3n) is 3.40. The number of hydrogen-bond acceptors (Lipinski definition) is 2. The Morgan fingerprint density at radius 3 is 2.12 bits per heavy atom. The van der Waals surface area contributed by atoms with Crippen LogP contribution in [0.1, 0.15) is 47.0 Å². The van der Waals surface area contributed by atoms with Crippen LogP contribution in [0.25, 0.3) is 0 Å². The number of piperidine rings is 1. The molecule has 0 aromatic carbocycles. The highest BCUT2D eigenvalue weighted by atomic mass is 16.3. The summed E-state index contributed by atoms with van der Waals surface area (Å²) in [7, 11) is 0. The molecular formula is C13H31NO2. The monoisotopic (exact) mass is 233 g/mol.